The van der Waals surface area contributed by atoms with Gasteiger partial charge in [-0.1, -0.05) is 57.9 Å². The van der Waals surface area contributed by atoms with Crippen molar-refractivity contribution in [3.8, 4) is 0 Å². The number of aryl methyl sites for hydroxylation is 3. The van der Waals surface area contributed by atoms with Crippen LogP contribution in [0.4, 0.5) is 5.13 Å². The minimum atomic E-state index is -0.770. The van der Waals surface area contributed by atoms with Gasteiger partial charge in [0.2, 0.25) is 0 Å². The van der Waals surface area contributed by atoms with Crippen LogP contribution in [0.1, 0.15) is 33.3 Å². The first kappa shape index (κ1) is 20.5. The van der Waals surface area contributed by atoms with Gasteiger partial charge in [-0.3, -0.25) is 14.5 Å². The first-order valence-corrected chi connectivity index (χ1v) is 11.0. The Kier molecular flexibility index (Phi) is 5.34. The van der Waals surface area contributed by atoms with Crippen molar-refractivity contribution in [3.63, 3.8) is 0 Å². The molecule has 0 spiro atoms. The molecule has 152 valence electrons. The van der Waals surface area contributed by atoms with Crippen molar-refractivity contribution in [3.05, 3.63) is 85.8 Å². The predicted octanol–water partition coefficient (Wildman–Crippen LogP) is 5.46. The molecule has 1 amide bonds. The van der Waals surface area contributed by atoms with Gasteiger partial charge in [0.25, 0.3) is 5.78 Å². The summed E-state index contributed by atoms with van der Waals surface area (Å²) in [4.78, 5) is 33.0. The fourth-order valence-corrected chi connectivity index (χ4v) is 4.80. The van der Waals surface area contributed by atoms with Gasteiger partial charge in [-0.2, -0.15) is 0 Å². The second-order valence-corrected chi connectivity index (χ2v) is 9.33. The van der Waals surface area contributed by atoms with Crippen LogP contribution in [0.15, 0.2) is 58.6 Å². The monoisotopic (exact) mass is 482 g/mol. The first-order chi connectivity index (χ1) is 14.3. The lowest BCUT2D eigenvalue weighted by Crippen LogP contribution is -2.29. The van der Waals surface area contributed by atoms with Crippen molar-refractivity contribution in [2.24, 2.45) is 0 Å². The zero-order valence-electron chi connectivity index (χ0n) is 16.6. The van der Waals surface area contributed by atoms with Crippen LogP contribution < -0.4 is 4.90 Å². The lowest BCUT2D eigenvalue weighted by Gasteiger charge is -2.23. The van der Waals surface area contributed by atoms with E-state index in [2.05, 4.69) is 20.9 Å². The number of halogens is 1. The number of rotatable bonds is 3. The van der Waals surface area contributed by atoms with E-state index in [0.29, 0.717) is 16.3 Å². The van der Waals surface area contributed by atoms with Crippen LogP contribution >= 0.6 is 27.3 Å². The van der Waals surface area contributed by atoms with Gasteiger partial charge in [-0.05, 0) is 38.5 Å². The van der Waals surface area contributed by atoms with Crippen molar-refractivity contribution in [2.45, 2.75) is 26.8 Å². The van der Waals surface area contributed by atoms with Crippen LogP contribution in [0.5, 0.6) is 0 Å². The number of aliphatic hydroxyl groups is 1. The van der Waals surface area contributed by atoms with Crippen LogP contribution in [0.25, 0.3) is 5.76 Å². The van der Waals surface area contributed by atoms with Gasteiger partial charge in [-0.25, -0.2) is 4.98 Å². The van der Waals surface area contributed by atoms with Gasteiger partial charge < -0.3 is 5.11 Å². The molecular weight excluding hydrogens is 464 g/mol. The summed E-state index contributed by atoms with van der Waals surface area (Å²) in [6.45, 7) is 5.73. The maximum absolute atomic E-state index is 13.1. The van der Waals surface area contributed by atoms with Gasteiger partial charge in [0.05, 0.1) is 17.3 Å². The summed E-state index contributed by atoms with van der Waals surface area (Å²) >= 11 is 4.82. The average molecular weight is 483 g/mol. The highest BCUT2D eigenvalue weighted by Crippen LogP contribution is 2.44. The molecule has 4 rings (SSSR count). The summed E-state index contributed by atoms with van der Waals surface area (Å²) in [5, 5.41) is 11.5. The van der Waals surface area contributed by atoms with E-state index >= 15 is 0 Å². The molecule has 1 N–H and O–H groups in total. The number of thiazole rings is 1. The molecule has 5 nitrogen and oxygen atoms in total. The van der Waals surface area contributed by atoms with Crippen LogP contribution in [0.2, 0.25) is 0 Å². The standard InChI is InChI=1S/C23H19BrN2O3S/c1-12-7-9-15(10-8-12)20(27)18-19(16-5-4-6-17(24)11-16)26(22(29)21(18)28)23-25-13(2)14(3)30-23/h4-11,19,27H,1-3H3/b20-18+/t19-/m0/s1. The highest BCUT2D eigenvalue weighted by molar-refractivity contribution is 9.10. The molecule has 1 saturated heterocycles. The summed E-state index contributed by atoms with van der Waals surface area (Å²) in [6, 6.07) is 13.8. The molecule has 0 unspecified atom stereocenters. The lowest BCUT2D eigenvalue weighted by molar-refractivity contribution is -0.132. The lowest BCUT2D eigenvalue weighted by atomic mass is 9.95. The Morgan fingerprint density at radius 1 is 1.10 bits per heavy atom. The van der Waals surface area contributed by atoms with E-state index in [1.165, 1.54) is 16.2 Å². The highest BCUT2D eigenvalue weighted by Gasteiger charge is 2.48. The number of carbonyl (C=O) groups is 2. The fourth-order valence-electron chi connectivity index (χ4n) is 3.45. The number of nitrogens with zero attached hydrogens (tertiary/aromatic N) is 2. The summed E-state index contributed by atoms with van der Waals surface area (Å²) in [5.74, 6) is -1.60. The Bertz CT molecular complexity index is 1180. The number of anilines is 1. The van der Waals surface area contributed by atoms with E-state index in [1.54, 1.807) is 12.1 Å². The predicted molar refractivity (Wildman–Crippen MR) is 122 cm³/mol. The quantitative estimate of drug-likeness (QED) is 0.305. The molecular formula is C23H19BrN2O3S. The Morgan fingerprint density at radius 2 is 1.80 bits per heavy atom. The van der Waals surface area contributed by atoms with Crippen LogP contribution in [0, 0.1) is 20.8 Å². The number of benzene rings is 2. The SMILES string of the molecule is Cc1ccc(/C(O)=C2\C(=O)C(=O)N(c3nc(C)c(C)s3)[C@H]2c2cccc(Br)c2)cc1. The molecule has 0 bridgehead atoms. The Morgan fingerprint density at radius 3 is 2.40 bits per heavy atom. The second kappa shape index (κ2) is 7.81. The third-order valence-electron chi connectivity index (χ3n) is 5.16. The van der Waals surface area contributed by atoms with E-state index < -0.39 is 17.7 Å². The minimum Gasteiger partial charge on any atom is -0.507 e. The molecule has 2 aromatic carbocycles. The summed E-state index contributed by atoms with van der Waals surface area (Å²) in [5.41, 5.74) is 3.10. The van der Waals surface area contributed by atoms with E-state index in [4.69, 9.17) is 0 Å². The van der Waals surface area contributed by atoms with Crippen molar-refractivity contribution >= 4 is 49.8 Å². The molecule has 2 heterocycles. The smallest absolute Gasteiger partial charge is 0.301 e. The molecule has 3 aromatic rings. The van der Waals surface area contributed by atoms with Gasteiger partial charge in [0.15, 0.2) is 5.13 Å². The van der Waals surface area contributed by atoms with Gasteiger partial charge >= 0.3 is 5.91 Å². The zero-order valence-corrected chi connectivity index (χ0v) is 19.0. The highest BCUT2D eigenvalue weighted by atomic mass is 79.9. The molecule has 0 radical (unpaired) electrons. The molecule has 1 aliphatic rings. The number of amides is 1. The number of aliphatic hydroxyl groups excluding tert-OH is 1. The fraction of sp³-hybridized carbons (Fsp3) is 0.174. The maximum atomic E-state index is 13.1. The maximum Gasteiger partial charge on any atom is 0.301 e. The van der Waals surface area contributed by atoms with E-state index in [0.717, 1.165) is 20.6 Å². The minimum absolute atomic E-state index is 0.0625. The molecule has 1 aliphatic heterocycles. The van der Waals surface area contributed by atoms with Crippen molar-refractivity contribution < 1.29 is 14.7 Å². The van der Waals surface area contributed by atoms with Gasteiger partial charge in [0.1, 0.15) is 5.76 Å². The Balaban J connectivity index is 1.96. The van der Waals surface area contributed by atoms with Gasteiger partial charge in [0, 0.05) is 14.9 Å². The van der Waals surface area contributed by atoms with Crippen LogP contribution in [0.3, 0.4) is 0 Å². The molecule has 1 fully saturated rings. The Hall–Kier alpha value is -2.77. The molecule has 0 aliphatic carbocycles. The number of Topliss-reactive ketones (excluding diaryl/α,β-unsaturated/α-hetero) is 1. The summed E-state index contributed by atoms with van der Waals surface area (Å²) < 4.78 is 0.812. The normalized spacial score (nSPS) is 18.3. The summed E-state index contributed by atoms with van der Waals surface area (Å²) in [6.07, 6.45) is 0. The summed E-state index contributed by atoms with van der Waals surface area (Å²) in [7, 11) is 0. The van der Waals surface area contributed by atoms with Crippen molar-refractivity contribution in [1.82, 2.24) is 4.98 Å². The topological polar surface area (TPSA) is 70.5 Å². The van der Waals surface area contributed by atoms with Gasteiger partial charge in [-0.15, -0.1) is 11.3 Å². The van der Waals surface area contributed by atoms with Crippen molar-refractivity contribution in [2.75, 3.05) is 4.90 Å². The van der Waals surface area contributed by atoms with Crippen LogP contribution in [-0.2, 0) is 9.59 Å². The molecule has 1 aromatic heterocycles. The number of aromatic nitrogens is 1. The number of ketones is 1. The van der Waals surface area contributed by atoms with Crippen LogP contribution in [-0.4, -0.2) is 21.8 Å². The number of hydrogen-bond donors (Lipinski definition) is 1. The van der Waals surface area contributed by atoms with Crippen molar-refractivity contribution in [1.29, 1.82) is 0 Å². The molecule has 1 atom stereocenters. The molecule has 0 saturated carbocycles. The number of hydrogen-bond acceptors (Lipinski definition) is 5. The molecule has 30 heavy (non-hydrogen) atoms. The Labute approximate surface area is 186 Å². The second-order valence-electron chi connectivity index (χ2n) is 7.23. The van der Waals surface area contributed by atoms with E-state index in [1.807, 2.05) is 57.2 Å². The van der Waals surface area contributed by atoms with E-state index in [-0.39, 0.29) is 11.3 Å². The third kappa shape index (κ3) is 3.48. The zero-order chi connectivity index (χ0) is 21.6. The third-order valence-corrected chi connectivity index (χ3v) is 6.72. The average Bonchev–Trinajstić information content (AvgIpc) is 3.18. The molecule has 7 heteroatoms. The van der Waals surface area contributed by atoms with E-state index in [9.17, 15) is 14.7 Å². The number of carbonyl (C=O) groups excluding carboxylic acids is 2. The first-order valence-electron chi connectivity index (χ1n) is 9.35. The largest absolute Gasteiger partial charge is 0.507 e.